The molecule has 0 atom stereocenters. The molecule has 1 aromatic carbocycles. The predicted octanol–water partition coefficient (Wildman–Crippen LogP) is 2.84. The van der Waals surface area contributed by atoms with Crippen LogP contribution in [0.4, 0.5) is 5.69 Å². The van der Waals surface area contributed by atoms with Gasteiger partial charge in [0.05, 0.1) is 11.5 Å². The molecule has 0 aliphatic heterocycles. The molecule has 0 radical (unpaired) electrons. The van der Waals surface area contributed by atoms with Gasteiger partial charge in [0.1, 0.15) is 0 Å². The summed E-state index contributed by atoms with van der Waals surface area (Å²) in [6.45, 7) is 1.67. The molecule has 1 heterocycles. The van der Waals surface area contributed by atoms with Gasteiger partial charge in [-0.15, -0.1) is 0 Å². The third-order valence-corrected chi connectivity index (χ3v) is 2.86. The van der Waals surface area contributed by atoms with Crippen molar-refractivity contribution in [1.82, 2.24) is 4.98 Å². The highest BCUT2D eigenvalue weighted by molar-refractivity contribution is 5.50. The summed E-state index contributed by atoms with van der Waals surface area (Å²) in [5.74, 6) is 0.281. The molecule has 0 aliphatic rings. The fourth-order valence-electron chi connectivity index (χ4n) is 1.75. The number of hydrogen-bond acceptors (Lipinski definition) is 5. The Morgan fingerprint density at radius 1 is 1.40 bits per heavy atom. The quantitative estimate of drug-likeness (QED) is 0.669. The lowest BCUT2D eigenvalue weighted by atomic mass is 10.1. The molecular formula is C14H14N2O4. The summed E-state index contributed by atoms with van der Waals surface area (Å²) >= 11 is 0. The van der Waals surface area contributed by atoms with Crippen LogP contribution in [-0.4, -0.2) is 15.0 Å². The number of ether oxygens (including phenoxy) is 1. The first kappa shape index (κ1) is 14.0. The highest BCUT2D eigenvalue weighted by atomic mass is 16.6. The van der Waals surface area contributed by atoms with Crippen molar-refractivity contribution in [2.75, 3.05) is 0 Å². The average Bonchev–Trinajstić information content (AvgIpc) is 2.48. The van der Waals surface area contributed by atoms with E-state index in [0.717, 1.165) is 5.56 Å². The summed E-state index contributed by atoms with van der Waals surface area (Å²) in [7, 11) is 0. The molecule has 0 bridgehead atoms. The fraction of sp³-hybridized carbons (Fsp3) is 0.214. The molecule has 2 rings (SSSR count). The molecule has 6 nitrogen and oxygen atoms in total. The monoisotopic (exact) mass is 274 g/mol. The molecule has 0 fully saturated rings. The Balaban J connectivity index is 2.40. The van der Waals surface area contributed by atoms with E-state index in [9.17, 15) is 15.2 Å². The van der Waals surface area contributed by atoms with Crippen molar-refractivity contribution >= 4 is 5.69 Å². The number of aliphatic hydroxyl groups excluding tert-OH is 1. The van der Waals surface area contributed by atoms with Crippen LogP contribution in [0.3, 0.4) is 0 Å². The summed E-state index contributed by atoms with van der Waals surface area (Å²) in [4.78, 5) is 14.6. The highest BCUT2D eigenvalue weighted by Crippen LogP contribution is 2.32. The number of pyridine rings is 1. The van der Waals surface area contributed by atoms with E-state index in [-0.39, 0.29) is 23.9 Å². The van der Waals surface area contributed by atoms with Crippen LogP contribution in [0.25, 0.3) is 0 Å². The van der Waals surface area contributed by atoms with Crippen LogP contribution in [-0.2, 0) is 13.0 Å². The highest BCUT2D eigenvalue weighted by Gasteiger charge is 2.18. The van der Waals surface area contributed by atoms with Crippen molar-refractivity contribution in [3.8, 4) is 11.6 Å². The molecule has 0 saturated heterocycles. The van der Waals surface area contributed by atoms with E-state index in [2.05, 4.69) is 4.98 Å². The molecule has 2 aromatic rings. The van der Waals surface area contributed by atoms with Crippen molar-refractivity contribution < 1.29 is 14.8 Å². The van der Waals surface area contributed by atoms with Crippen molar-refractivity contribution in [3.05, 3.63) is 57.8 Å². The molecule has 0 spiro atoms. The number of nitrogens with zero attached hydrogens (tertiary/aromatic N) is 2. The van der Waals surface area contributed by atoms with E-state index in [1.165, 1.54) is 12.3 Å². The number of aryl methyl sites for hydroxylation is 1. The molecular weight excluding hydrogens is 260 g/mol. The number of hydrogen-bond donors (Lipinski definition) is 1. The summed E-state index contributed by atoms with van der Waals surface area (Å²) in [6.07, 6.45) is 2.20. The number of nitro benzene ring substituents is 1. The van der Waals surface area contributed by atoms with Crippen LogP contribution in [0, 0.1) is 10.1 Å². The summed E-state index contributed by atoms with van der Waals surface area (Å²) in [6, 6.07) is 8.11. The van der Waals surface area contributed by atoms with Crippen molar-refractivity contribution in [2.45, 2.75) is 20.0 Å². The largest absolute Gasteiger partial charge is 0.431 e. The number of nitro groups is 1. The Hall–Kier alpha value is -2.47. The third kappa shape index (κ3) is 2.92. The maximum absolute atomic E-state index is 11.1. The molecule has 0 saturated carbocycles. The topological polar surface area (TPSA) is 85.5 Å². The van der Waals surface area contributed by atoms with Gasteiger partial charge in [0.15, 0.2) is 0 Å². The molecule has 1 N–H and O–H groups in total. The Morgan fingerprint density at radius 2 is 2.20 bits per heavy atom. The van der Waals surface area contributed by atoms with Crippen LogP contribution in [0.15, 0.2) is 36.5 Å². The van der Waals surface area contributed by atoms with Crippen LogP contribution < -0.4 is 4.74 Å². The van der Waals surface area contributed by atoms with E-state index in [0.29, 0.717) is 12.0 Å². The molecule has 104 valence electrons. The zero-order valence-electron chi connectivity index (χ0n) is 10.9. The lowest BCUT2D eigenvalue weighted by Crippen LogP contribution is -1.98. The Morgan fingerprint density at radius 3 is 2.85 bits per heavy atom. The fourth-order valence-corrected chi connectivity index (χ4v) is 1.75. The first-order chi connectivity index (χ1) is 9.65. The van der Waals surface area contributed by atoms with E-state index >= 15 is 0 Å². The van der Waals surface area contributed by atoms with Gasteiger partial charge in [0.25, 0.3) is 0 Å². The second kappa shape index (κ2) is 6.12. The van der Waals surface area contributed by atoms with Crippen LogP contribution in [0.5, 0.6) is 11.6 Å². The van der Waals surface area contributed by atoms with Crippen molar-refractivity contribution in [1.29, 1.82) is 0 Å². The van der Waals surface area contributed by atoms with E-state index < -0.39 is 4.92 Å². The van der Waals surface area contributed by atoms with Crippen LogP contribution in [0.1, 0.15) is 18.1 Å². The second-order valence-electron chi connectivity index (χ2n) is 4.14. The number of benzene rings is 1. The molecule has 0 amide bonds. The van der Waals surface area contributed by atoms with Crippen LogP contribution in [0.2, 0.25) is 0 Å². The van der Waals surface area contributed by atoms with Gasteiger partial charge in [-0.05, 0) is 30.2 Å². The SMILES string of the molecule is CCc1ccc(Oc2ncccc2CO)c([N+](=O)[O-])c1. The lowest BCUT2D eigenvalue weighted by Gasteiger charge is -2.09. The minimum Gasteiger partial charge on any atom is -0.431 e. The van der Waals surface area contributed by atoms with E-state index in [4.69, 9.17) is 4.74 Å². The molecule has 0 aliphatic carbocycles. The Labute approximate surface area is 115 Å². The van der Waals surface area contributed by atoms with Crippen LogP contribution >= 0.6 is 0 Å². The minimum absolute atomic E-state index is 0.112. The smallest absolute Gasteiger partial charge is 0.311 e. The van der Waals surface area contributed by atoms with Gasteiger partial charge in [-0.3, -0.25) is 10.1 Å². The van der Waals surface area contributed by atoms with Gasteiger partial charge in [0, 0.05) is 17.8 Å². The molecule has 6 heteroatoms. The van der Waals surface area contributed by atoms with E-state index in [1.807, 2.05) is 6.92 Å². The van der Waals surface area contributed by atoms with Gasteiger partial charge in [-0.25, -0.2) is 4.98 Å². The number of aromatic nitrogens is 1. The normalized spacial score (nSPS) is 10.3. The average molecular weight is 274 g/mol. The van der Waals surface area contributed by atoms with E-state index in [1.54, 1.807) is 24.3 Å². The molecule has 0 unspecified atom stereocenters. The predicted molar refractivity (Wildman–Crippen MR) is 72.7 cm³/mol. The van der Waals surface area contributed by atoms with Crippen molar-refractivity contribution in [2.24, 2.45) is 0 Å². The minimum atomic E-state index is -0.490. The van der Waals surface area contributed by atoms with Gasteiger partial charge in [-0.2, -0.15) is 0 Å². The Kier molecular flexibility index (Phi) is 4.27. The standard InChI is InChI=1S/C14H14N2O4/c1-2-10-5-6-13(12(8-10)16(18)19)20-14-11(9-17)4-3-7-15-14/h3-8,17H,2,9H2,1H3. The summed E-state index contributed by atoms with van der Waals surface area (Å²) in [5.41, 5.74) is 1.22. The van der Waals surface area contributed by atoms with Crippen molar-refractivity contribution in [3.63, 3.8) is 0 Å². The zero-order valence-corrected chi connectivity index (χ0v) is 10.9. The van der Waals surface area contributed by atoms with Gasteiger partial charge >= 0.3 is 5.69 Å². The summed E-state index contributed by atoms with van der Waals surface area (Å²) < 4.78 is 5.48. The lowest BCUT2D eigenvalue weighted by molar-refractivity contribution is -0.385. The molecule has 20 heavy (non-hydrogen) atoms. The molecule has 1 aromatic heterocycles. The second-order valence-corrected chi connectivity index (χ2v) is 4.14. The maximum atomic E-state index is 11.1. The number of aliphatic hydroxyl groups is 1. The first-order valence-corrected chi connectivity index (χ1v) is 6.15. The summed E-state index contributed by atoms with van der Waals surface area (Å²) in [5, 5.41) is 20.3. The van der Waals surface area contributed by atoms with Gasteiger partial charge < -0.3 is 9.84 Å². The first-order valence-electron chi connectivity index (χ1n) is 6.15. The zero-order chi connectivity index (χ0) is 14.5. The Bertz CT molecular complexity index is 628. The third-order valence-electron chi connectivity index (χ3n) is 2.86. The maximum Gasteiger partial charge on any atom is 0.311 e. The van der Waals surface area contributed by atoms with Gasteiger partial charge in [-0.1, -0.05) is 13.0 Å². The van der Waals surface area contributed by atoms with Gasteiger partial charge in [0.2, 0.25) is 11.6 Å². The number of rotatable bonds is 5.